The van der Waals surface area contributed by atoms with E-state index in [1.807, 2.05) is 14.1 Å². The average Bonchev–Trinajstić information content (AvgIpc) is 2.28. The van der Waals surface area contributed by atoms with Crippen molar-refractivity contribution in [3.63, 3.8) is 0 Å². The van der Waals surface area contributed by atoms with E-state index < -0.39 is 0 Å². The lowest BCUT2D eigenvalue weighted by molar-refractivity contribution is 0.203. The third-order valence-corrected chi connectivity index (χ3v) is 1.95. The molecular formula is C8H17N3O. The van der Waals surface area contributed by atoms with Crippen molar-refractivity contribution in [1.82, 2.24) is 9.80 Å². The molecule has 4 nitrogen and oxygen atoms in total. The summed E-state index contributed by atoms with van der Waals surface area (Å²) in [6, 6.07) is 0. The molecule has 70 valence electrons. The lowest BCUT2D eigenvalue weighted by Crippen LogP contribution is -2.29. The first-order valence-corrected chi connectivity index (χ1v) is 4.26. The molecule has 0 radical (unpaired) electrons. The summed E-state index contributed by atoms with van der Waals surface area (Å²) >= 11 is 0. The Labute approximate surface area is 73.5 Å². The minimum absolute atomic E-state index is 0.347. The molecule has 1 aliphatic rings. The Morgan fingerprint density at radius 3 is 2.33 bits per heavy atom. The number of hydrogen-bond donors (Lipinski definition) is 1. The summed E-state index contributed by atoms with van der Waals surface area (Å²) in [5, 5.41) is 9.04. The molecule has 1 saturated heterocycles. The zero-order valence-corrected chi connectivity index (χ0v) is 7.99. The van der Waals surface area contributed by atoms with Crippen molar-refractivity contribution >= 4 is 5.96 Å². The highest BCUT2D eigenvalue weighted by Gasteiger charge is 2.19. The third-order valence-electron chi connectivity index (χ3n) is 1.95. The molecule has 1 fully saturated rings. The van der Waals surface area contributed by atoms with E-state index in [1.54, 1.807) is 6.92 Å². The van der Waals surface area contributed by atoms with Gasteiger partial charge in [0, 0.05) is 27.2 Å². The van der Waals surface area contributed by atoms with Gasteiger partial charge in [-0.2, -0.15) is 0 Å². The van der Waals surface area contributed by atoms with Crippen LogP contribution in [0.2, 0.25) is 0 Å². The standard InChI is InChI=1S/C8H17N3O/c1-7(12)6-9-8-10(2)4-5-11(8)3/h7,12H,4-6H2,1-3H3. The van der Waals surface area contributed by atoms with Crippen molar-refractivity contribution in [3.8, 4) is 0 Å². The van der Waals surface area contributed by atoms with Crippen molar-refractivity contribution in [2.45, 2.75) is 13.0 Å². The van der Waals surface area contributed by atoms with Crippen LogP contribution in [-0.4, -0.2) is 60.7 Å². The molecule has 12 heavy (non-hydrogen) atoms. The second kappa shape index (κ2) is 3.76. The molecule has 0 aromatic carbocycles. The fourth-order valence-corrected chi connectivity index (χ4v) is 1.25. The van der Waals surface area contributed by atoms with Crippen molar-refractivity contribution in [3.05, 3.63) is 0 Å². The molecule has 0 aliphatic carbocycles. The summed E-state index contributed by atoms with van der Waals surface area (Å²) in [6.45, 7) is 4.29. The first-order chi connectivity index (χ1) is 5.61. The van der Waals surface area contributed by atoms with Crippen molar-refractivity contribution in [2.24, 2.45) is 4.99 Å². The second-order valence-corrected chi connectivity index (χ2v) is 3.33. The van der Waals surface area contributed by atoms with Crippen LogP contribution in [0.25, 0.3) is 0 Å². The minimum atomic E-state index is -0.347. The first kappa shape index (κ1) is 9.32. The van der Waals surface area contributed by atoms with Gasteiger partial charge in [0.1, 0.15) is 0 Å². The highest BCUT2D eigenvalue weighted by molar-refractivity contribution is 5.81. The van der Waals surface area contributed by atoms with E-state index >= 15 is 0 Å². The van der Waals surface area contributed by atoms with Crippen LogP contribution in [0.4, 0.5) is 0 Å². The SMILES string of the molecule is CC(O)CN=C1N(C)CCN1C. The lowest BCUT2D eigenvalue weighted by atomic mass is 10.4. The summed E-state index contributed by atoms with van der Waals surface area (Å²) in [7, 11) is 4.04. The zero-order valence-electron chi connectivity index (χ0n) is 7.99. The van der Waals surface area contributed by atoms with Crippen molar-refractivity contribution in [1.29, 1.82) is 0 Å². The molecule has 0 aromatic heterocycles. The molecule has 1 N–H and O–H groups in total. The maximum absolute atomic E-state index is 9.04. The molecule has 1 rings (SSSR count). The maximum Gasteiger partial charge on any atom is 0.196 e. The Morgan fingerprint density at radius 1 is 1.42 bits per heavy atom. The van der Waals surface area contributed by atoms with Crippen LogP contribution in [-0.2, 0) is 0 Å². The summed E-state index contributed by atoms with van der Waals surface area (Å²) in [4.78, 5) is 8.50. The number of hydrogen-bond acceptors (Lipinski definition) is 2. The Hall–Kier alpha value is -0.770. The number of aliphatic hydroxyl groups is 1. The second-order valence-electron chi connectivity index (χ2n) is 3.33. The van der Waals surface area contributed by atoms with Gasteiger partial charge in [0.15, 0.2) is 5.96 Å². The quantitative estimate of drug-likeness (QED) is 0.614. The van der Waals surface area contributed by atoms with Crippen LogP contribution in [0, 0.1) is 0 Å². The number of nitrogens with zero attached hydrogens (tertiary/aromatic N) is 3. The van der Waals surface area contributed by atoms with Crippen LogP contribution in [0.15, 0.2) is 4.99 Å². The average molecular weight is 171 g/mol. The van der Waals surface area contributed by atoms with Crippen molar-refractivity contribution in [2.75, 3.05) is 33.7 Å². The Kier molecular flexibility index (Phi) is 2.92. The summed E-state index contributed by atoms with van der Waals surface area (Å²) in [6.07, 6.45) is -0.347. The van der Waals surface area contributed by atoms with Crippen LogP contribution < -0.4 is 0 Å². The smallest absolute Gasteiger partial charge is 0.196 e. The van der Waals surface area contributed by atoms with Gasteiger partial charge < -0.3 is 14.9 Å². The molecule has 1 atom stereocenters. The lowest BCUT2D eigenvalue weighted by Gasteiger charge is -2.15. The topological polar surface area (TPSA) is 39.1 Å². The molecule has 1 aliphatic heterocycles. The van der Waals surface area contributed by atoms with E-state index in [9.17, 15) is 0 Å². The number of aliphatic imine (C=N–C) groups is 1. The maximum atomic E-state index is 9.04. The monoisotopic (exact) mass is 171 g/mol. The highest BCUT2D eigenvalue weighted by Crippen LogP contribution is 2.03. The van der Waals surface area contributed by atoms with Gasteiger partial charge in [-0.3, -0.25) is 4.99 Å². The van der Waals surface area contributed by atoms with E-state index in [0.29, 0.717) is 6.54 Å². The van der Waals surface area contributed by atoms with Gasteiger partial charge in [0.05, 0.1) is 12.6 Å². The molecule has 1 unspecified atom stereocenters. The largest absolute Gasteiger partial charge is 0.391 e. The molecule has 4 heteroatoms. The molecule has 0 spiro atoms. The van der Waals surface area contributed by atoms with E-state index in [-0.39, 0.29) is 6.10 Å². The van der Waals surface area contributed by atoms with Crippen LogP contribution >= 0.6 is 0 Å². The molecule has 0 bridgehead atoms. The summed E-state index contributed by atoms with van der Waals surface area (Å²) < 4.78 is 0. The first-order valence-electron chi connectivity index (χ1n) is 4.26. The van der Waals surface area contributed by atoms with Crippen LogP contribution in [0.3, 0.4) is 0 Å². The van der Waals surface area contributed by atoms with Crippen LogP contribution in [0.5, 0.6) is 0 Å². The van der Waals surface area contributed by atoms with Crippen molar-refractivity contribution < 1.29 is 5.11 Å². The van der Waals surface area contributed by atoms with Gasteiger partial charge in [-0.05, 0) is 6.92 Å². The van der Waals surface area contributed by atoms with E-state index in [2.05, 4.69) is 14.8 Å². The minimum Gasteiger partial charge on any atom is -0.391 e. The van der Waals surface area contributed by atoms with Crippen LogP contribution in [0.1, 0.15) is 6.92 Å². The Bertz CT molecular complexity index is 167. The molecule has 1 heterocycles. The highest BCUT2D eigenvalue weighted by atomic mass is 16.3. The number of guanidine groups is 1. The normalized spacial score (nSPS) is 20.2. The number of aliphatic hydroxyl groups excluding tert-OH is 1. The van der Waals surface area contributed by atoms with Gasteiger partial charge in [-0.25, -0.2) is 0 Å². The number of likely N-dealkylation sites (N-methyl/N-ethyl adjacent to an activating group) is 2. The fourth-order valence-electron chi connectivity index (χ4n) is 1.25. The predicted molar refractivity (Wildman–Crippen MR) is 49.2 cm³/mol. The summed E-state index contributed by atoms with van der Waals surface area (Å²) in [5.74, 6) is 0.982. The Balaban J connectivity index is 2.53. The van der Waals surface area contributed by atoms with Gasteiger partial charge in [0.25, 0.3) is 0 Å². The summed E-state index contributed by atoms with van der Waals surface area (Å²) in [5.41, 5.74) is 0. The van der Waals surface area contributed by atoms with Gasteiger partial charge >= 0.3 is 0 Å². The predicted octanol–water partition coefficient (Wildman–Crippen LogP) is -0.400. The molecular weight excluding hydrogens is 154 g/mol. The van der Waals surface area contributed by atoms with E-state index in [4.69, 9.17) is 5.11 Å². The Morgan fingerprint density at radius 2 is 1.92 bits per heavy atom. The fraction of sp³-hybridized carbons (Fsp3) is 0.875. The molecule has 0 aromatic rings. The van der Waals surface area contributed by atoms with E-state index in [0.717, 1.165) is 19.0 Å². The van der Waals surface area contributed by atoms with E-state index in [1.165, 1.54) is 0 Å². The van der Waals surface area contributed by atoms with Gasteiger partial charge in [-0.1, -0.05) is 0 Å². The number of rotatable bonds is 2. The third kappa shape index (κ3) is 2.11. The zero-order chi connectivity index (χ0) is 9.14. The molecule has 0 amide bonds. The van der Waals surface area contributed by atoms with Gasteiger partial charge in [-0.15, -0.1) is 0 Å². The van der Waals surface area contributed by atoms with Gasteiger partial charge in [0.2, 0.25) is 0 Å². The molecule has 0 saturated carbocycles.